The zero-order valence-electron chi connectivity index (χ0n) is 8.87. The lowest BCUT2D eigenvalue weighted by molar-refractivity contribution is 0.0941. The van der Waals surface area contributed by atoms with Crippen LogP contribution in [0.5, 0.6) is 0 Å². The lowest BCUT2D eigenvalue weighted by atomic mass is 10.3. The highest BCUT2D eigenvalue weighted by molar-refractivity contribution is 6.31. The van der Waals surface area contributed by atoms with Gasteiger partial charge in [0.05, 0.1) is 29.1 Å². The number of rotatable bonds is 5. The van der Waals surface area contributed by atoms with Gasteiger partial charge in [-0.15, -0.1) is 0 Å². The largest absolute Gasteiger partial charge is 0.394 e. The average molecular weight is 234 g/mol. The van der Waals surface area contributed by atoms with E-state index in [1.165, 1.54) is 0 Å². The van der Waals surface area contributed by atoms with Gasteiger partial charge in [-0.05, 0) is 6.92 Å². The molecule has 86 valence electrons. The Bertz CT molecular complexity index is 327. The Morgan fingerprint density at radius 2 is 2.27 bits per heavy atom. The molecule has 1 unspecified atom stereocenters. The summed E-state index contributed by atoms with van der Waals surface area (Å²) in [5, 5.41) is 25.5. The Morgan fingerprint density at radius 1 is 1.60 bits per heavy atom. The smallest absolute Gasteiger partial charge is 0.0895 e. The van der Waals surface area contributed by atoms with Gasteiger partial charge in [-0.3, -0.25) is 4.68 Å². The minimum absolute atomic E-state index is 0.245. The molecule has 1 atom stereocenters. The molecule has 0 saturated carbocycles. The molecule has 1 heterocycles. The lowest BCUT2D eigenvalue weighted by Crippen LogP contribution is -2.29. The standard InChI is InChI=1S/C9H16ClN3O2/c1-6-9(10)8(13(2)12-6)4-11-3-7(15)5-14/h7,11,14-15H,3-5H2,1-2H3. The lowest BCUT2D eigenvalue weighted by Gasteiger charge is -2.09. The quantitative estimate of drug-likeness (QED) is 0.660. The van der Waals surface area contributed by atoms with E-state index in [-0.39, 0.29) is 6.61 Å². The monoisotopic (exact) mass is 233 g/mol. The molecule has 6 heteroatoms. The van der Waals surface area contributed by atoms with Gasteiger partial charge in [0.15, 0.2) is 0 Å². The first-order valence-electron chi connectivity index (χ1n) is 4.73. The molecule has 0 radical (unpaired) electrons. The van der Waals surface area contributed by atoms with Gasteiger partial charge < -0.3 is 15.5 Å². The third kappa shape index (κ3) is 3.17. The van der Waals surface area contributed by atoms with Crippen LogP contribution in [0.4, 0.5) is 0 Å². The summed E-state index contributed by atoms with van der Waals surface area (Å²) < 4.78 is 1.70. The van der Waals surface area contributed by atoms with Crippen molar-refractivity contribution in [3.05, 3.63) is 16.4 Å². The van der Waals surface area contributed by atoms with Crippen molar-refractivity contribution < 1.29 is 10.2 Å². The van der Waals surface area contributed by atoms with Gasteiger partial charge in [-0.25, -0.2) is 0 Å². The summed E-state index contributed by atoms with van der Waals surface area (Å²) in [5.41, 5.74) is 1.66. The van der Waals surface area contributed by atoms with Crippen molar-refractivity contribution in [2.75, 3.05) is 13.2 Å². The van der Waals surface area contributed by atoms with E-state index in [4.69, 9.17) is 21.8 Å². The Hall–Kier alpha value is -0.620. The number of halogens is 1. The van der Waals surface area contributed by atoms with Crippen LogP contribution < -0.4 is 5.32 Å². The summed E-state index contributed by atoms with van der Waals surface area (Å²) in [6, 6.07) is 0. The fourth-order valence-electron chi connectivity index (χ4n) is 1.29. The molecule has 0 fully saturated rings. The minimum Gasteiger partial charge on any atom is -0.394 e. The van der Waals surface area contributed by atoms with E-state index >= 15 is 0 Å². The van der Waals surface area contributed by atoms with Gasteiger partial charge in [0.25, 0.3) is 0 Å². The van der Waals surface area contributed by atoms with E-state index in [1.54, 1.807) is 4.68 Å². The maximum Gasteiger partial charge on any atom is 0.0895 e. The first-order chi connectivity index (χ1) is 7.06. The summed E-state index contributed by atoms with van der Waals surface area (Å²) in [7, 11) is 1.82. The normalized spacial score (nSPS) is 13.1. The van der Waals surface area contributed by atoms with E-state index < -0.39 is 6.10 Å². The highest BCUT2D eigenvalue weighted by atomic mass is 35.5. The third-order valence-corrected chi connectivity index (χ3v) is 2.64. The van der Waals surface area contributed by atoms with Crippen LogP contribution in [-0.2, 0) is 13.6 Å². The van der Waals surface area contributed by atoms with Gasteiger partial charge in [0, 0.05) is 20.1 Å². The van der Waals surface area contributed by atoms with Crippen LogP contribution in [0.15, 0.2) is 0 Å². The fourth-order valence-corrected chi connectivity index (χ4v) is 1.52. The van der Waals surface area contributed by atoms with E-state index in [2.05, 4.69) is 10.4 Å². The molecular weight excluding hydrogens is 218 g/mol. The number of hydrogen-bond acceptors (Lipinski definition) is 4. The van der Waals surface area contributed by atoms with Crippen molar-refractivity contribution in [2.45, 2.75) is 19.6 Å². The molecule has 0 spiro atoms. The molecule has 5 nitrogen and oxygen atoms in total. The van der Waals surface area contributed by atoms with Gasteiger partial charge in [-0.1, -0.05) is 11.6 Å². The number of nitrogens with one attached hydrogen (secondary N) is 1. The summed E-state index contributed by atoms with van der Waals surface area (Å²) in [6.07, 6.45) is -0.738. The molecule has 0 amide bonds. The highest BCUT2D eigenvalue weighted by Gasteiger charge is 2.10. The molecule has 1 rings (SSSR count). The maximum absolute atomic E-state index is 9.11. The van der Waals surface area contributed by atoms with Crippen molar-refractivity contribution in [3.8, 4) is 0 Å². The van der Waals surface area contributed by atoms with Crippen molar-refractivity contribution in [2.24, 2.45) is 7.05 Å². The van der Waals surface area contributed by atoms with Crippen LogP contribution in [0.3, 0.4) is 0 Å². The van der Waals surface area contributed by atoms with Gasteiger partial charge in [0.1, 0.15) is 0 Å². The topological polar surface area (TPSA) is 70.3 Å². The summed E-state index contributed by atoms with van der Waals surface area (Å²) >= 11 is 6.03. The maximum atomic E-state index is 9.11. The van der Waals surface area contributed by atoms with Crippen LogP contribution in [0.25, 0.3) is 0 Å². The molecule has 15 heavy (non-hydrogen) atoms. The number of nitrogens with zero attached hydrogens (tertiary/aromatic N) is 2. The second kappa shape index (κ2) is 5.46. The average Bonchev–Trinajstić information content (AvgIpc) is 2.44. The Balaban J connectivity index is 2.50. The summed E-state index contributed by atoms with van der Waals surface area (Å²) in [5.74, 6) is 0. The van der Waals surface area contributed by atoms with Gasteiger partial charge in [-0.2, -0.15) is 5.10 Å². The second-order valence-electron chi connectivity index (χ2n) is 3.44. The second-order valence-corrected chi connectivity index (χ2v) is 3.81. The molecule has 0 aliphatic rings. The molecular formula is C9H16ClN3O2. The molecule has 0 bridgehead atoms. The molecule has 0 saturated heterocycles. The number of hydrogen-bond donors (Lipinski definition) is 3. The number of aliphatic hydroxyl groups is 2. The molecule has 0 aliphatic heterocycles. The Morgan fingerprint density at radius 3 is 2.73 bits per heavy atom. The molecule has 1 aromatic heterocycles. The first-order valence-corrected chi connectivity index (χ1v) is 5.11. The molecule has 0 aromatic carbocycles. The van der Waals surface area contributed by atoms with Crippen molar-refractivity contribution in [1.29, 1.82) is 0 Å². The minimum atomic E-state index is -0.738. The Labute approximate surface area is 93.7 Å². The first kappa shape index (κ1) is 12.4. The summed E-state index contributed by atoms with van der Waals surface area (Å²) in [6.45, 7) is 2.45. The highest BCUT2D eigenvalue weighted by Crippen LogP contribution is 2.18. The van der Waals surface area contributed by atoms with E-state index in [0.29, 0.717) is 18.1 Å². The van der Waals surface area contributed by atoms with Crippen LogP contribution in [0.2, 0.25) is 5.02 Å². The number of aryl methyl sites for hydroxylation is 2. The van der Waals surface area contributed by atoms with Crippen molar-refractivity contribution in [3.63, 3.8) is 0 Å². The third-order valence-electron chi connectivity index (χ3n) is 2.14. The van der Waals surface area contributed by atoms with Crippen LogP contribution in [0, 0.1) is 6.92 Å². The van der Waals surface area contributed by atoms with Crippen molar-refractivity contribution >= 4 is 11.6 Å². The van der Waals surface area contributed by atoms with Crippen LogP contribution >= 0.6 is 11.6 Å². The number of aliphatic hydroxyl groups excluding tert-OH is 2. The van der Waals surface area contributed by atoms with Crippen LogP contribution in [-0.4, -0.2) is 39.2 Å². The predicted octanol–water partition coefficient (Wildman–Crippen LogP) is -0.175. The van der Waals surface area contributed by atoms with Crippen LogP contribution in [0.1, 0.15) is 11.4 Å². The van der Waals surface area contributed by atoms with Gasteiger partial charge in [0.2, 0.25) is 0 Å². The fraction of sp³-hybridized carbons (Fsp3) is 0.667. The predicted molar refractivity (Wildman–Crippen MR) is 57.8 cm³/mol. The molecule has 0 aliphatic carbocycles. The van der Waals surface area contributed by atoms with E-state index in [1.807, 2.05) is 14.0 Å². The summed E-state index contributed by atoms with van der Waals surface area (Å²) in [4.78, 5) is 0. The number of aromatic nitrogens is 2. The molecule has 1 aromatic rings. The molecule has 3 N–H and O–H groups in total. The zero-order valence-corrected chi connectivity index (χ0v) is 9.62. The van der Waals surface area contributed by atoms with Crippen molar-refractivity contribution in [1.82, 2.24) is 15.1 Å². The van der Waals surface area contributed by atoms with Gasteiger partial charge >= 0.3 is 0 Å². The van der Waals surface area contributed by atoms with E-state index in [9.17, 15) is 0 Å². The SMILES string of the molecule is Cc1nn(C)c(CNCC(O)CO)c1Cl. The zero-order chi connectivity index (χ0) is 11.4. The Kier molecular flexibility index (Phi) is 4.53. The van der Waals surface area contributed by atoms with E-state index in [0.717, 1.165) is 11.4 Å².